The Hall–Kier alpha value is -4.79. The van der Waals surface area contributed by atoms with Gasteiger partial charge in [-0.25, -0.2) is 4.79 Å². The summed E-state index contributed by atoms with van der Waals surface area (Å²) >= 11 is 0. The van der Waals surface area contributed by atoms with E-state index in [0.29, 0.717) is 16.7 Å². The van der Waals surface area contributed by atoms with Gasteiger partial charge in [-0.05, 0) is 47.5 Å². The van der Waals surface area contributed by atoms with Gasteiger partial charge in [0.25, 0.3) is 11.7 Å². The van der Waals surface area contributed by atoms with Gasteiger partial charge in [-0.1, -0.05) is 30.3 Å². The number of amides is 1. The number of aliphatic hydroxyl groups is 1. The van der Waals surface area contributed by atoms with Gasteiger partial charge < -0.3 is 29.3 Å². The molecule has 1 heterocycles. The first-order chi connectivity index (χ1) is 17.8. The Labute approximate surface area is 213 Å². The molecule has 3 aromatic carbocycles. The summed E-state index contributed by atoms with van der Waals surface area (Å²) in [5.41, 5.74) is 1.47. The van der Waals surface area contributed by atoms with Gasteiger partial charge in [0, 0.05) is 6.54 Å². The van der Waals surface area contributed by atoms with Crippen molar-refractivity contribution in [1.29, 1.82) is 0 Å². The van der Waals surface area contributed by atoms with Crippen LogP contribution in [0.25, 0.3) is 5.76 Å². The Morgan fingerprint density at radius 2 is 1.49 bits per heavy atom. The van der Waals surface area contributed by atoms with Crippen LogP contribution in [0.5, 0.6) is 17.2 Å². The quantitative estimate of drug-likeness (QED) is 0.216. The number of hydrogen-bond donors (Lipinski definition) is 2. The molecule has 9 nitrogen and oxygen atoms in total. The highest BCUT2D eigenvalue weighted by molar-refractivity contribution is 6.46. The van der Waals surface area contributed by atoms with E-state index >= 15 is 0 Å². The number of ether oxygens (including phenoxy) is 3. The summed E-state index contributed by atoms with van der Waals surface area (Å²) in [4.78, 5) is 39.7. The first-order valence-electron chi connectivity index (χ1n) is 11.3. The fourth-order valence-electron chi connectivity index (χ4n) is 4.33. The minimum absolute atomic E-state index is 0.00509. The molecule has 4 rings (SSSR count). The zero-order chi connectivity index (χ0) is 26.7. The summed E-state index contributed by atoms with van der Waals surface area (Å²) in [6, 6.07) is 16.4. The molecule has 1 unspecified atom stereocenters. The summed E-state index contributed by atoms with van der Waals surface area (Å²) in [5.74, 6) is -2.13. The Kier molecular flexibility index (Phi) is 7.15. The molecule has 0 bridgehead atoms. The van der Waals surface area contributed by atoms with E-state index in [4.69, 9.17) is 14.2 Å². The summed E-state index contributed by atoms with van der Waals surface area (Å²) in [6.45, 7) is 0.0113. The number of phenols is 1. The molecular weight excluding hydrogens is 478 g/mol. The third-order valence-corrected chi connectivity index (χ3v) is 6.14. The van der Waals surface area contributed by atoms with Crippen molar-refractivity contribution in [1.82, 2.24) is 4.90 Å². The average molecular weight is 504 g/mol. The highest BCUT2D eigenvalue weighted by atomic mass is 16.5. The van der Waals surface area contributed by atoms with E-state index in [9.17, 15) is 24.6 Å². The van der Waals surface area contributed by atoms with Crippen LogP contribution in [0.1, 0.15) is 33.1 Å². The molecule has 1 amide bonds. The summed E-state index contributed by atoms with van der Waals surface area (Å²) in [6.07, 6.45) is 0. The summed E-state index contributed by atoms with van der Waals surface area (Å²) in [5, 5.41) is 21.3. The number of aliphatic hydroxyl groups excluding tert-OH is 1. The molecule has 1 aliphatic rings. The number of carbonyl (C=O) groups excluding carboxylic acids is 3. The van der Waals surface area contributed by atoms with Crippen LogP contribution in [0.2, 0.25) is 0 Å². The second-order valence-corrected chi connectivity index (χ2v) is 8.24. The van der Waals surface area contributed by atoms with Gasteiger partial charge in [-0.15, -0.1) is 0 Å². The summed E-state index contributed by atoms with van der Waals surface area (Å²) < 4.78 is 15.5. The molecule has 1 aliphatic heterocycles. The van der Waals surface area contributed by atoms with Crippen molar-refractivity contribution in [2.75, 3.05) is 21.3 Å². The highest BCUT2D eigenvalue weighted by Gasteiger charge is 2.46. The maximum Gasteiger partial charge on any atom is 0.337 e. The standard InChI is InChI=1S/C28H25NO8/c1-35-20-5-4-6-21(36-2)22(20)25(31)23-24(17-11-13-19(30)14-12-17)29(27(33)26(23)32)15-16-7-9-18(10-8-16)28(34)37-3/h4-14,24,30-31H,15H2,1-3H3/b25-23+. The number of Topliss-reactive ketones (excluding diaryl/α,β-unsaturated/α-hetero) is 1. The predicted molar refractivity (Wildman–Crippen MR) is 133 cm³/mol. The Morgan fingerprint density at radius 3 is 2.03 bits per heavy atom. The van der Waals surface area contributed by atoms with E-state index in [-0.39, 0.29) is 34.9 Å². The Bertz CT molecular complexity index is 1350. The van der Waals surface area contributed by atoms with Crippen LogP contribution in [0, 0.1) is 0 Å². The molecule has 0 saturated carbocycles. The monoisotopic (exact) mass is 503 g/mol. The van der Waals surface area contributed by atoms with E-state index in [1.807, 2.05) is 0 Å². The second-order valence-electron chi connectivity index (χ2n) is 8.24. The Balaban J connectivity index is 1.86. The average Bonchev–Trinajstić information content (AvgIpc) is 3.17. The van der Waals surface area contributed by atoms with Crippen molar-refractivity contribution in [3.8, 4) is 17.2 Å². The maximum absolute atomic E-state index is 13.4. The third-order valence-electron chi connectivity index (χ3n) is 6.14. The van der Waals surface area contributed by atoms with Crippen LogP contribution in [0.3, 0.4) is 0 Å². The number of esters is 1. The van der Waals surface area contributed by atoms with Crippen molar-refractivity contribution in [3.63, 3.8) is 0 Å². The van der Waals surface area contributed by atoms with E-state index in [1.165, 1.54) is 38.4 Å². The minimum atomic E-state index is -0.976. The van der Waals surface area contributed by atoms with Gasteiger partial charge in [0.1, 0.15) is 28.6 Å². The third kappa shape index (κ3) is 4.71. The normalized spacial score (nSPS) is 16.5. The molecule has 2 N–H and O–H groups in total. The minimum Gasteiger partial charge on any atom is -0.508 e. The predicted octanol–water partition coefficient (Wildman–Crippen LogP) is 3.82. The number of nitrogens with zero attached hydrogens (tertiary/aromatic N) is 1. The molecule has 1 fully saturated rings. The van der Waals surface area contributed by atoms with Gasteiger partial charge in [0.05, 0.1) is 38.5 Å². The number of likely N-dealkylation sites (tertiary alicyclic amines) is 1. The molecule has 1 atom stereocenters. The fourth-order valence-corrected chi connectivity index (χ4v) is 4.33. The van der Waals surface area contributed by atoms with E-state index < -0.39 is 29.5 Å². The molecular formula is C28H25NO8. The van der Waals surface area contributed by atoms with Crippen LogP contribution in [0.15, 0.2) is 72.3 Å². The molecule has 37 heavy (non-hydrogen) atoms. The van der Waals surface area contributed by atoms with Crippen LogP contribution in [0.4, 0.5) is 0 Å². The second kappa shape index (κ2) is 10.4. The molecule has 190 valence electrons. The largest absolute Gasteiger partial charge is 0.508 e. The van der Waals surface area contributed by atoms with E-state index in [1.54, 1.807) is 54.6 Å². The SMILES string of the molecule is COC(=O)c1ccc(CN2C(=O)C(=O)/C(=C(/O)c3c(OC)cccc3OC)C2c2ccc(O)cc2)cc1. The number of ketones is 1. The van der Waals surface area contributed by atoms with Gasteiger partial charge in [-0.2, -0.15) is 0 Å². The molecule has 3 aromatic rings. The number of methoxy groups -OCH3 is 3. The van der Waals surface area contributed by atoms with Crippen molar-refractivity contribution in [2.24, 2.45) is 0 Å². The lowest BCUT2D eigenvalue weighted by molar-refractivity contribution is -0.140. The van der Waals surface area contributed by atoms with E-state index in [0.717, 1.165) is 0 Å². The smallest absolute Gasteiger partial charge is 0.337 e. The van der Waals surface area contributed by atoms with Gasteiger partial charge in [0.15, 0.2) is 0 Å². The molecule has 0 spiro atoms. The topological polar surface area (TPSA) is 123 Å². The molecule has 1 saturated heterocycles. The van der Waals surface area contributed by atoms with Crippen LogP contribution in [-0.4, -0.2) is 54.1 Å². The van der Waals surface area contributed by atoms with Crippen LogP contribution >= 0.6 is 0 Å². The maximum atomic E-state index is 13.4. The van der Waals surface area contributed by atoms with E-state index in [2.05, 4.69) is 0 Å². The number of carbonyl (C=O) groups is 3. The fraction of sp³-hybridized carbons (Fsp3) is 0.179. The number of aromatic hydroxyl groups is 1. The Morgan fingerprint density at radius 1 is 0.892 bits per heavy atom. The number of phenolic OH excluding ortho intramolecular Hbond substituents is 1. The van der Waals surface area contributed by atoms with Crippen LogP contribution in [-0.2, 0) is 20.9 Å². The zero-order valence-corrected chi connectivity index (χ0v) is 20.4. The number of rotatable bonds is 7. The van der Waals surface area contributed by atoms with Gasteiger partial charge in [-0.3, -0.25) is 9.59 Å². The van der Waals surface area contributed by atoms with Gasteiger partial charge in [0.2, 0.25) is 0 Å². The zero-order valence-electron chi connectivity index (χ0n) is 20.4. The lowest BCUT2D eigenvalue weighted by atomic mass is 9.94. The van der Waals surface area contributed by atoms with Gasteiger partial charge >= 0.3 is 5.97 Å². The van der Waals surface area contributed by atoms with Crippen molar-refractivity contribution in [2.45, 2.75) is 12.6 Å². The summed E-state index contributed by atoms with van der Waals surface area (Å²) in [7, 11) is 4.11. The van der Waals surface area contributed by atoms with Crippen LogP contribution < -0.4 is 9.47 Å². The van der Waals surface area contributed by atoms with Crippen molar-refractivity contribution < 1.29 is 38.8 Å². The lowest BCUT2D eigenvalue weighted by Crippen LogP contribution is -2.29. The van der Waals surface area contributed by atoms with Crippen molar-refractivity contribution in [3.05, 3.63) is 94.6 Å². The first-order valence-corrected chi connectivity index (χ1v) is 11.3. The molecule has 0 aromatic heterocycles. The lowest BCUT2D eigenvalue weighted by Gasteiger charge is -2.26. The first kappa shape index (κ1) is 25.3. The molecule has 0 aliphatic carbocycles. The molecule has 9 heteroatoms. The highest BCUT2D eigenvalue weighted by Crippen LogP contribution is 2.44. The molecule has 0 radical (unpaired) electrons. The number of hydrogen-bond acceptors (Lipinski definition) is 8. The van der Waals surface area contributed by atoms with Crippen molar-refractivity contribution >= 4 is 23.4 Å². The number of benzene rings is 3.